The number of nitrogens with zero attached hydrogens (tertiary/aromatic N) is 4. The Labute approximate surface area is 189 Å². The van der Waals surface area contributed by atoms with Crippen molar-refractivity contribution in [1.29, 1.82) is 0 Å². The maximum absolute atomic E-state index is 12.0. The first-order valence-electron chi connectivity index (χ1n) is 9.51. The zero-order valence-electron chi connectivity index (χ0n) is 16.7. The molecule has 1 aliphatic rings. The van der Waals surface area contributed by atoms with Gasteiger partial charge < -0.3 is 15.4 Å². The lowest BCUT2D eigenvalue weighted by molar-refractivity contribution is -0.125. The fourth-order valence-electron chi connectivity index (χ4n) is 3.66. The van der Waals surface area contributed by atoms with E-state index in [1.54, 1.807) is 34.9 Å². The highest BCUT2D eigenvalue weighted by Gasteiger charge is 2.29. The highest BCUT2D eigenvalue weighted by atomic mass is 35.5. The number of benzene rings is 1. The number of methoxy groups -OCH3 is 1. The summed E-state index contributed by atoms with van der Waals surface area (Å²) in [7, 11) is 1.56. The molecular weight excluding hydrogens is 437 g/mol. The van der Waals surface area contributed by atoms with Gasteiger partial charge in [-0.2, -0.15) is 5.10 Å². The summed E-state index contributed by atoms with van der Waals surface area (Å²) in [5.41, 5.74) is 7.94. The van der Waals surface area contributed by atoms with Gasteiger partial charge in [0, 0.05) is 23.7 Å². The van der Waals surface area contributed by atoms with Crippen LogP contribution < -0.4 is 10.5 Å². The molecule has 1 atom stereocenters. The minimum Gasteiger partial charge on any atom is -0.497 e. The Kier molecular flexibility index (Phi) is 5.77. The second kappa shape index (κ2) is 8.50. The molecule has 0 spiro atoms. The number of hydrogen-bond acceptors (Lipinski definition) is 5. The molecular formula is C22H19Cl2N5O2. The standard InChI is InChI=1S/C22H19Cl2N5O2/c1-3-19(30)28-7-6-15(12-28)29-21-17(24)11-26-22(25)20(21)18(27-29)5-4-13-8-14(23)10-16(9-13)31-2/h3,8-11,15H,1,6-7,12H2,2H3,(H2,25,26)/t15-/m0/s1. The number of likely N-dealkylation sites (tertiary alicyclic amines) is 1. The van der Waals surface area contributed by atoms with E-state index in [2.05, 4.69) is 23.4 Å². The number of pyridine rings is 1. The number of hydrogen-bond donors (Lipinski definition) is 1. The van der Waals surface area contributed by atoms with Gasteiger partial charge in [0.05, 0.1) is 35.3 Å². The maximum atomic E-state index is 12.0. The van der Waals surface area contributed by atoms with Crippen LogP contribution in [0.4, 0.5) is 5.82 Å². The summed E-state index contributed by atoms with van der Waals surface area (Å²) in [4.78, 5) is 17.9. The molecule has 31 heavy (non-hydrogen) atoms. The minimum atomic E-state index is -0.110. The summed E-state index contributed by atoms with van der Waals surface area (Å²) in [6, 6.07) is 5.16. The van der Waals surface area contributed by atoms with Gasteiger partial charge in [-0.05, 0) is 36.6 Å². The van der Waals surface area contributed by atoms with Crippen molar-refractivity contribution in [3.05, 3.63) is 58.4 Å². The predicted molar refractivity (Wildman–Crippen MR) is 121 cm³/mol. The Morgan fingerprint density at radius 3 is 2.90 bits per heavy atom. The van der Waals surface area contributed by atoms with Crippen LogP contribution in [0.5, 0.6) is 5.75 Å². The van der Waals surface area contributed by atoms with Crippen molar-refractivity contribution in [3.63, 3.8) is 0 Å². The van der Waals surface area contributed by atoms with E-state index in [-0.39, 0.29) is 17.8 Å². The van der Waals surface area contributed by atoms with Crippen LogP contribution in [0.1, 0.15) is 23.7 Å². The predicted octanol–water partition coefficient (Wildman–Crippen LogP) is 3.69. The summed E-state index contributed by atoms with van der Waals surface area (Å²) >= 11 is 12.6. The van der Waals surface area contributed by atoms with E-state index < -0.39 is 0 Å². The van der Waals surface area contributed by atoms with Crippen LogP contribution >= 0.6 is 23.2 Å². The molecule has 3 aromatic rings. The minimum absolute atomic E-state index is 0.0625. The van der Waals surface area contributed by atoms with Crippen molar-refractivity contribution in [2.75, 3.05) is 25.9 Å². The van der Waals surface area contributed by atoms with Gasteiger partial charge in [0.15, 0.2) is 0 Å². The number of anilines is 1. The number of rotatable bonds is 3. The molecule has 7 nitrogen and oxygen atoms in total. The molecule has 1 aromatic carbocycles. The summed E-state index contributed by atoms with van der Waals surface area (Å²) in [5, 5.41) is 6.22. The Bertz CT molecular complexity index is 1260. The first kappa shape index (κ1) is 21.0. The van der Waals surface area contributed by atoms with Gasteiger partial charge in [-0.1, -0.05) is 35.7 Å². The highest BCUT2D eigenvalue weighted by molar-refractivity contribution is 6.35. The molecule has 0 unspecified atom stereocenters. The van der Waals surface area contributed by atoms with Gasteiger partial charge in [-0.3, -0.25) is 9.48 Å². The number of aromatic nitrogens is 3. The Morgan fingerprint density at radius 2 is 2.16 bits per heavy atom. The molecule has 1 fully saturated rings. The van der Waals surface area contributed by atoms with E-state index in [1.165, 1.54) is 12.3 Å². The number of ether oxygens (including phenoxy) is 1. The van der Waals surface area contributed by atoms with Crippen LogP contribution in [0.15, 0.2) is 37.1 Å². The second-order valence-corrected chi connectivity index (χ2v) is 7.91. The Balaban J connectivity index is 1.80. The van der Waals surface area contributed by atoms with Crippen molar-refractivity contribution in [2.45, 2.75) is 12.5 Å². The second-order valence-electron chi connectivity index (χ2n) is 7.07. The third-order valence-electron chi connectivity index (χ3n) is 5.14. The molecule has 2 aromatic heterocycles. The lowest BCUT2D eigenvalue weighted by Gasteiger charge is -2.15. The lowest BCUT2D eigenvalue weighted by atomic mass is 10.2. The molecule has 0 aliphatic carbocycles. The highest BCUT2D eigenvalue weighted by Crippen LogP contribution is 2.34. The molecule has 1 aliphatic heterocycles. The van der Waals surface area contributed by atoms with Gasteiger partial charge in [0.1, 0.15) is 17.3 Å². The normalized spacial score (nSPS) is 15.6. The van der Waals surface area contributed by atoms with E-state index in [9.17, 15) is 4.79 Å². The SMILES string of the molecule is C=CC(=O)N1CC[C@H](n2nc(C#Cc3cc(Cl)cc(OC)c3)c3c(N)ncc(Cl)c32)C1. The summed E-state index contributed by atoms with van der Waals surface area (Å²) < 4.78 is 7.04. The first-order chi connectivity index (χ1) is 14.9. The largest absolute Gasteiger partial charge is 0.497 e. The number of nitrogens with two attached hydrogens (primary N) is 1. The molecule has 9 heteroatoms. The van der Waals surface area contributed by atoms with Crippen molar-refractivity contribution < 1.29 is 9.53 Å². The summed E-state index contributed by atoms with van der Waals surface area (Å²) in [6.45, 7) is 4.67. The van der Waals surface area contributed by atoms with Gasteiger partial charge in [-0.25, -0.2) is 4.98 Å². The third kappa shape index (κ3) is 4.05. The van der Waals surface area contributed by atoms with Crippen LogP contribution in [0.25, 0.3) is 10.9 Å². The number of halogens is 2. The van der Waals surface area contributed by atoms with Crippen LogP contribution in [-0.4, -0.2) is 45.8 Å². The number of amides is 1. The van der Waals surface area contributed by atoms with Gasteiger partial charge in [-0.15, -0.1) is 0 Å². The van der Waals surface area contributed by atoms with Crippen molar-refractivity contribution in [2.24, 2.45) is 0 Å². The van der Waals surface area contributed by atoms with Gasteiger partial charge in [0.2, 0.25) is 5.91 Å². The number of carbonyl (C=O) groups is 1. The fraction of sp³-hybridized carbons (Fsp3) is 0.227. The van der Waals surface area contributed by atoms with E-state index >= 15 is 0 Å². The molecule has 4 rings (SSSR count). The molecule has 0 saturated carbocycles. The summed E-state index contributed by atoms with van der Waals surface area (Å²) in [5.74, 6) is 6.91. The van der Waals surface area contributed by atoms with Crippen LogP contribution in [-0.2, 0) is 4.79 Å². The monoisotopic (exact) mass is 455 g/mol. The smallest absolute Gasteiger partial charge is 0.246 e. The van der Waals surface area contributed by atoms with Crippen molar-refractivity contribution in [3.8, 4) is 17.6 Å². The van der Waals surface area contributed by atoms with E-state index in [0.717, 1.165) is 6.42 Å². The van der Waals surface area contributed by atoms with E-state index in [4.69, 9.17) is 38.8 Å². The van der Waals surface area contributed by atoms with Crippen LogP contribution in [0.2, 0.25) is 10.0 Å². The maximum Gasteiger partial charge on any atom is 0.246 e. The first-order valence-corrected chi connectivity index (χ1v) is 10.3. The fourth-order valence-corrected chi connectivity index (χ4v) is 4.12. The van der Waals surface area contributed by atoms with Gasteiger partial charge in [0.25, 0.3) is 0 Å². The Hall–Kier alpha value is -3.21. The zero-order valence-corrected chi connectivity index (χ0v) is 18.2. The van der Waals surface area contributed by atoms with E-state index in [0.29, 0.717) is 51.0 Å². The number of carbonyl (C=O) groups excluding carboxylic acids is 1. The summed E-state index contributed by atoms with van der Waals surface area (Å²) in [6.07, 6.45) is 3.54. The molecule has 0 bridgehead atoms. The van der Waals surface area contributed by atoms with Crippen LogP contribution in [0, 0.1) is 11.8 Å². The lowest BCUT2D eigenvalue weighted by Crippen LogP contribution is -2.27. The van der Waals surface area contributed by atoms with Crippen molar-refractivity contribution in [1.82, 2.24) is 19.7 Å². The molecule has 3 heterocycles. The Morgan fingerprint density at radius 1 is 1.35 bits per heavy atom. The molecule has 158 valence electrons. The van der Waals surface area contributed by atoms with E-state index in [1.807, 2.05) is 0 Å². The third-order valence-corrected chi connectivity index (χ3v) is 5.63. The van der Waals surface area contributed by atoms with Gasteiger partial charge >= 0.3 is 0 Å². The molecule has 1 saturated heterocycles. The quantitative estimate of drug-likeness (QED) is 0.480. The average molecular weight is 456 g/mol. The topological polar surface area (TPSA) is 86.3 Å². The number of nitrogen functional groups attached to an aromatic ring is 1. The van der Waals surface area contributed by atoms with Crippen molar-refractivity contribution >= 4 is 45.8 Å². The average Bonchev–Trinajstić information content (AvgIpc) is 3.39. The molecule has 0 radical (unpaired) electrons. The molecule has 1 amide bonds. The molecule has 2 N–H and O–H groups in total. The number of fused-ring (bicyclic) bond motifs is 1. The van der Waals surface area contributed by atoms with Crippen LogP contribution in [0.3, 0.4) is 0 Å². The zero-order chi connectivity index (χ0) is 22.1.